The van der Waals surface area contributed by atoms with Crippen molar-refractivity contribution in [1.29, 1.82) is 0 Å². The van der Waals surface area contributed by atoms with Crippen molar-refractivity contribution in [3.63, 3.8) is 0 Å². The van der Waals surface area contributed by atoms with Crippen LogP contribution in [0.3, 0.4) is 0 Å². The van der Waals surface area contributed by atoms with Crippen LogP contribution in [-0.4, -0.2) is 31.6 Å². The average Bonchev–Trinajstić information content (AvgIpc) is 2.89. The summed E-state index contributed by atoms with van der Waals surface area (Å²) < 4.78 is 11.6. The predicted molar refractivity (Wildman–Crippen MR) is 136 cm³/mol. The lowest BCUT2D eigenvalue weighted by Gasteiger charge is -2.26. The van der Waals surface area contributed by atoms with Crippen molar-refractivity contribution >= 4 is 17.6 Å². The molecule has 0 aromatic heterocycles. The molecule has 1 aliphatic heterocycles. The first-order valence-electron chi connectivity index (χ1n) is 12.0. The highest BCUT2D eigenvalue weighted by Gasteiger charge is 2.23. The summed E-state index contributed by atoms with van der Waals surface area (Å²) in [5.74, 6) is 1.41. The molecular formula is C28H31N3O4. The lowest BCUT2D eigenvalue weighted by atomic mass is 10.1. The maximum atomic E-state index is 12.0. The molecule has 35 heavy (non-hydrogen) atoms. The molecule has 2 N–H and O–H groups in total. The standard InChI is InChI=1S/C28H31N3O4/c32-27-16-18-31(28(33)30-27)24-12-14-26(15-13-24)35-21-23-10-8-22(9-11-23)20-29-17-4-5-19-34-25-6-2-1-3-7-25/h1-3,6-15,29H,4-5,16-21H2,(H,30,32,33). The number of para-hydroxylation sites is 1. The minimum absolute atomic E-state index is 0.238. The number of hydrogen-bond donors (Lipinski definition) is 2. The van der Waals surface area contributed by atoms with Gasteiger partial charge in [-0.05, 0) is 66.9 Å². The maximum absolute atomic E-state index is 12.0. The second kappa shape index (κ2) is 12.6. The summed E-state index contributed by atoms with van der Waals surface area (Å²) in [5, 5.41) is 5.81. The molecule has 7 nitrogen and oxygen atoms in total. The van der Waals surface area contributed by atoms with Crippen LogP contribution in [-0.2, 0) is 17.9 Å². The van der Waals surface area contributed by atoms with Gasteiger partial charge in [-0.15, -0.1) is 0 Å². The van der Waals surface area contributed by atoms with Gasteiger partial charge in [-0.25, -0.2) is 4.79 Å². The molecule has 0 saturated carbocycles. The summed E-state index contributed by atoms with van der Waals surface area (Å²) in [6.45, 7) is 3.37. The van der Waals surface area contributed by atoms with Crippen molar-refractivity contribution in [2.45, 2.75) is 32.4 Å². The Morgan fingerprint density at radius 3 is 2.26 bits per heavy atom. The number of anilines is 1. The Kier molecular flexibility index (Phi) is 8.73. The van der Waals surface area contributed by atoms with Gasteiger partial charge in [0.05, 0.1) is 6.61 Å². The van der Waals surface area contributed by atoms with Crippen LogP contribution < -0.4 is 25.0 Å². The van der Waals surface area contributed by atoms with Gasteiger partial charge in [0.15, 0.2) is 0 Å². The highest BCUT2D eigenvalue weighted by Crippen LogP contribution is 2.22. The van der Waals surface area contributed by atoms with E-state index < -0.39 is 0 Å². The number of rotatable bonds is 12. The van der Waals surface area contributed by atoms with Gasteiger partial charge in [-0.1, -0.05) is 42.5 Å². The molecule has 0 unspecified atom stereocenters. The Morgan fingerprint density at radius 2 is 1.51 bits per heavy atom. The molecule has 1 fully saturated rings. The molecular weight excluding hydrogens is 442 g/mol. The Bertz CT molecular complexity index is 1090. The second-order valence-electron chi connectivity index (χ2n) is 8.40. The van der Waals surface area contributed by atoms with E-state index in [4.69, 9.17) is 9.47 Å². The van der Waals surface area contributed by atoms with E-state index in [2.05, 4.69) is 34.9 Å². The van der Waals surface area contributed by atoms with E-state index in [9.17, 15) is 9.59 Å². The summed E-state index contributed by atoms with van der Waals surface area (Å²) in [6.07, 6.45) is 2.39. The van der Waals surface area contributed by atoms with Crippen molar-refractivity contribution < 1.29 is 19.1 Å². The molecule has 3 aromatic rings. The van der Waals surface area contributed by atoms with Crippen LogP contribution in [0.25, 0.3) is 0 Å². The van der Waals surface area contributed by atoms with Crippen LogP contribution in [0.15, 0.2) is 78.9 Å². The molecule has 1 saturated heterocycles. The van der Waals surface area contributed by atoms with E-state index >= 15 is 0 Å². The lowest BCUT2D eigenvalue weighted by Crippen LogP contribution is -2.49. The summed E-state index contributed by atoms with van der Waals surface area (Å²) >= 11 is 0. The van der Waals surface area contributed by atoms with Gasteiger partial charge >= 0.3 is 6.03 Å². The first-order chi connectivity index (χ1) is 17.2. The van der Waals surface area contributed by atoms with E-state index in [-0.39, 0.29) is 11.9 Å². The zero-order valence-electron chi connectivity index (χ0n) is 19.7. The zero-order valence-corrected chi connectivity index (χ0v) is 19.7. The molecule has 0 spiro atoms. The molecule has 0 atom stereocenters. The number of nitrogens with zero attached hydrogens (tertiary/aromatic N) is 1. The lowest BCUT2D eigenvalue weighted by molar-refractivity contribution is -0.120. The Morgan fingerprint density at radius 1 is 0.800 bits per heavy atom. The van der Waals surface area contributed by atoms with Crippen LogP contribution in [0, 0.1) is 0 Å². The maximum Gasteiger partial charge on any atom is 0.328 e. The summed E-state index contributed by atoms with van der Waals surface area (Å²) in [6, 6.07) is 25.2. The van der Waals surface area contributed by atoms with Crippen LogP contribution in [0.2, 0.25) is 0 Å². The molecule has 182 valence electrons. The molecule has 7 heteroatoms. The van der Waals surface area contributed by atoms with E-state index in [1.54, 1.807) is 4.90 Å². The number of imide groups is 1. The number of ether oxygens (including phenoxy) is 2. The van der Waals surface area contributed by atoms with Gasteiger partial charge in [-0.3, -0.25) is 15.0 Å². The number of amides is 3. The van der Waals surface area contributed by atoms with Gasteiger partial charge in [-0.2, -0.15) is 0 Å². The van der Waals surface area contributed by atoms with E-state index in [1.807, 2.05) is 54.6 Å². The van der Waals surface area contributed by atoms with Crippen molar-refractivity contribution in [2.24, 2.45) is 0 Å². The topological polar surface area (TPSA) is 79.9 Å². The van der Waals surface area contributed by atoms with Gasteiger partial charge in [0, 0.05) is 25.2 Å². The quantitative estimate of drug-likeness (QED) is 0.374. The van der Waals surface area contributed by atoms with Crippen LogP contribution >= 0.6 is 0 Å². The molecule has 4 rings (SSSR count). The predicted octanol–water partition coefficient (Wildman–Crippen LogP) is 4.66. The number of urea groups is 1. The van der Waals surface area contributed by atoms with Gasteiger partial charge in [0.2, 0.25) is 5.91 Å². The molecule has 0 bridgehead atoms. The smallest absolute Gasteiger partial charge is 0.328 e. The zero-order chi connectivity index (χ0) is 24.3. The number of hydrogen-bond acceptors (Lipinski definition) is 5. The summed E-state index contributed by atoms with van der Waals surface area (Å²) in [5.41, 5.74) is 3.06. The average molecular weight is 474 g/mol. The van der Waals surface area contributed by atoms with E-state index in [1.165, 1.54) is 5.56 Å². The fourth-order valence-corrected chi connectivity index (χ4v) is 3.74. The fraction of sp³-hybridized carbons (Fsp3) is 0.286. The minimum atomic E-state index is -0.387. The summed E-state index contributed by atoms with van der Waals surface area (Å²) in [7, 11) is 0. The number of unbranched alkanes of at least 4 members (excludes halogenated alkanes) is 1. The molecule has 0 radical (unpaired) electrons. The van der Waals surface area contributed by atoms with Crippen molar-refractivity contribution in [2.75, 3.05) is 24.6 Å². The first kappa shape index (κ1) is 24.3. The number of benzene rings is 3. The van der Waals surface area contributed by atoms with Crippen LogP contribution in [0.5, 0.6) is 11.5 Å². The third-order valence-electron chi connectivity index (χ3n) is 5.72. The van der Waals surface area contributed by atoms with Gasteiger partial charge in [0.25, 0.3) is 0 Å². The van der Waals surface area contributed by atoms with Crippen LogP contribution in [0.4, 0.5) is 10.5 Å². The Labute approximate surface area is 206 Å². The monoisotopic (exact) mass is 473 g/mol. The Balaban J connectivity index is 1.12. The fourth-order valence-electron chi connectivity index (χ4n) is 3.74. The molecule has 1 aliphatic rings. The summed E-state index contributed by atoms with van der Waals surface area (Å²) in [4.78, 5) is 24.8. The van der Waals surface area contributed by atoms with Gasteiger partial charge < -0.3 is 14.8 Å². The molecule has 0 aliphatic carbocycles. The third kappa shape index (κ3) is 7.58. The van der Waals surface area contributed by atoms with Crippen molar-refractivity contribution in [1.82, 2.24) is 10.6 Å². The second-order valence-corrected chi connectivity index (χ2v) is 8.40. The molecule has 1 heterocycles. The van der Waals surface area contributed by atoms with Crippen molar-refractivity contribution in [3.8, 4) is 11.5 Å². The molecule has 3 aromatic carbocycles. The van der Waals surface area contributed by atoms with Crippen molar-refractivity contribution in [3.05, 3.63) is 90.0 Å². The number of nitrogens with one attached hydrogen (secondary N) is 2. The minimum Gasteiger partial charge on any atom is -0.494 e. The largest absolute Gasteiger partial charge is 0.494 e. The Hall–Kier alpha value is -3.84. The SMILES string of the molecule is O=C1CCN(c2ccc(OCc3ccc(CNCCCCOc4ccccc4)cc3)cc2)C(=O)N1. The first-order valence-corrected chi connectivity index (χ1v) is 12.0. The van der Waals surface area contributed by atoms with E-state index in [0.717, 1.165) is 55.3 Å². The highest BCUT2D eigenvalue weighted by molar-refractivity contribution is 6.05. The highest BCUT2D eigenvalue weighted by atomic mass is 16.5. The third-order valence-corrected chi connectivity index (χ3v) is 5.72. The number of carbonyl (C=O) groups is 2. The normalized spacial score (nSPS) is 13.4. The molecule has 3 amide bonds. The number of carbonyl (C=O) groups excluding carboxylic acids is 2. The van der Waals surface area contributed by atoms with E-state index in [0.29, 0.717) is 19.6 Å². The van der Waals surface area contributed by atoms with Gasteiger partial charge in [0.1, 0.15) is 18.1 Å². The van der Waals surface area contributed by atoms with Crippen LogP contribution in [0.1, 0.15) is 30.4 Å².